The quantitative estimate of drug-likeness (QED) is 0.592. The van der Waals surface area contributed by atoms with Crippen LogP contribution >= 0.6 is 0 Å². The zero-order valence-corrected chi connectivity index (χ0v) is 8.00. The molecule has 0 rings (SSSR count). The molecule has 0 aliphatic rings. The summed E-state index contributed by atoms with van der Waals surface area (Å²) >= 11 is 0. The predicted octanol–water partition coefficient (Wildman–Crippen LogP) is 2.81. The number of hydrogen-bond acceptors (Lipinski definition) is 1. The van der Waals surface area contributed by atoms with Crippen molar-refractivity contribution >= 4 is 0 Å². The number of halogens is 2. The van der Waals surface area contributed by atoms with E-state index in [4.69, 9.17) is 0 Å². The Morgan fingerprint density at radius 3 is 2.33 bits per heavy atom. The SMILES string of the molecule is CCNCCCCCC(C)(F)F. The summed E-state index contributed by atoms with van der Waals surface area (Å²) in [5, 5.41) is 3.16. The molecule has 0 atom stereocenters. The van der Waals surface area contributed by atoms with Gasteiger partial charge in [0.2, 0.25) is 5.92 Å². The van der Waals surface area contributed by atoms with Crippen LogP contribution in [0.4, 0.5) is 8.78 Å². The maximum atomic E-state index is 12.3. The second-order valence-electron chi connectivity index (χ2n) is 3.23. The Labute approximate surface area is 73.5 Å². The van der Waals surface area contributed by atoms with Gasteiger partial charge in [0.15, 0.2) is 0 Å². The van der Waals surface area contributed by atoms with Crippen molar-refractivity contribution in [1.82, 2.24) is 5.32 Å². The molecule has 0 saturated heterocycles. The van der Waals surface area contributed by atoms with Crippen LogP contribution in [0, 0.1) is 0 Å². The summed E-state index contributed by atoms with van der Waals surface area (Å²) in [6, 6.07) is 0. The van der Waals surface area contributed by atoms with Crippen LogP contribution in [0.15, 0.2) is 0 Å². The van der Waals surface area contributed by atoms with Crippen LogP contribution < -0.4 is 5.32 Å². The van der Waals surface area contributed by atoms with Crippen LogP contribution in [0.3, 0.4) is 0 Å². The molecule has 0 unspecified atom stereocenters. The van der Waals surface area contributed by atoms with Gasteiger partial charge in [-0.25, -0.2) is 8.78 Å². The molecule has 0 aliphatic heterocycles. The minimum absolute atomic E-state index is 0.0269. The van der Waals surface area contributed by atoms with Gasteiger partial charge in [0.1, 0.15) is 0 Å². The molecule has 0 aromatic carbocycles. The third kappa shape index (κ3) is 9.82. The second kappa shape index (κ2) is 6.35. The molecular weight excluding hydrogens is 160 g/mol. The van der Waals surface area contributed by atoms with E-state index in [0.717, 1.165) is 32.9 Å². The average molecular weight is 179 g/mol. The van der Waals surface area contributed by atoms with E-state index in [1.165, 1.54) is 0 Å². The maximum absolute atomic E-state index is 12.3. The molecule has 0 spiro atoms. The first-order chi connectivity index (χ1) is 5.56. The van der Waals surface area contributed by atoms with Gasteiger partial charge in [-0.15, -0.1) is 0 Å². The standard InChI is InChI=1S/C9H19F2N/c1-3-12-8-6-4-5-7-9(2,10)11/h12H,3-8H2,1-2H3. The normalized spacial score (nSPS) is 12.0. The number of alkyl halides is 2. The second-order valence-corrected chi connectivity index (χ2v) is 3.23. The summed E-state index contributed by atoms with van der Waals surface area (Å²) in [4.78, 5) is 0. The number of rotatable bonds is 7. The third-order valence-corrected chi connectivity index (χ3v) is 1.72. The summed E-state index contributed by atoms with van der Waals surface area (Å²) in [5.74, 6) is -2.47. The van der Waals surface area contributed by atoms with Crippen LogP contribution in [0.25, 0.3) is 0 Å². The number of unbranched alkanes of at least 4 members (excludes halogenated alkanes) is 2. The Balaban J connectivity index is 3.01. The van der Waals surface area contributed by atoms with Gasteiger partial charge in [-0.05, 0) is 32.9 Å². The third-order valence-electron chi connectivity index (χ3n) is 1.72. The van der Waals surface area contributed by atoms with Crippen molar-refractivity contribution in [1.29, 1.82) is 0 Å². The minimum Gasteiger partial charge on any atom is -0.317 e. The van der Waals surface area contributed by atoms with Gasteiger partial charge in [0.05, 0.1) is 0 Å². The summed E-state index contributed by atoms with van der Waals surface area (Å²) in [7, 11) is 0. The Morgan fingerprint density at radius 1 is 1.17 bits per heavy atom. The van der Waals surface area contributed by atoms with Gasteiger partial charge in [-0.3, -0.25) is 0 Å². The molecule has 0 saturated carbocycles. The Morgan fingerprint density at radius 2 is 1.83 bits per heavy atom. The van der Waals surface area contributed by atoms with Crippen LogP contribution in [-0.2, 0) is 0 Å². The van der Waals surface area contributed by atoms with Gasteiger partial charge >= 0.3 is 0 Å². The Bertz CT molecular complexity index is 99.2. The van der Waals surface area contributed by atoms with Crippen LogP contribution in [0.2, 0.25) is 0 Å². The Kier molecular flexibility index (Phi) is 6.25. The molecule has 0 fully saturated rings. The van der Waals surface area contributed by atoms with E-state index in [1.807, 2.05) is 6.92 Å². The molecule has 1 N–H and O–H groups in total. The smallest absolute Gasteiger partial charge is 0.245 e. The highest BCUT2D eigenvalue weighted by Crippen LogP contribution is 2.19. The van der Waals surface area contributed by atoms with E-state index < -0.39 is 5.92 Å². The first-order valence-corrected chi connectivity index (χ1v) is 4.65. The van der Waals surface area contributed by atoms with Crippen molar-refractivity contribution in [2.45, 2.75) is 45.5 Å². The summed E-state index contributed by atoms with van der Waals surface area (Å²) < 4.78 is 24.6. The molecule has 12 heavy (non-hydrogen) atoms. The van der Waals surface area contributed by atoms with Crippen molar-refractivity contribution in [3.05, 3.63) is 0 Å². The highest BCUT2D eigenvalue weighted by molar-refractivity contribution is 4.58. The zero-order chi connectivity index (χ0) is 9.45. The van der Waals surface area contributed by atoms with Gasteiger partial charge in [-0.2, -0.15) is 0 Å². The van der Waals surface area contributed by atoms with Crippen molar-refractivity contribution in [2.75, 3.05) is 13.1 Å². The van der Waals surface area contributed by atoms with Crippen molar-refractivity contribution < 1.29 is 8.78 Å². The molecule has 0 amide bonds. The van der Waals surface area contributed by atoms with Crippen molar-refractivity contribution in [3.8, 4) is 0 Å². The molecule has 1 nitrogen and oxygen atoms in total. The van der Waals surface area contributed by atoms with E-state index >= 15 is 0 Å². The highest BCUT2D eigenvalue weighted by Gasteiger charge is 2.19. The molecule has 74 valence electrons. The lowest BCUT2D eigenvalue weighted by atomic mass is 10.1. The summed E-state index contributed by atoms with van der Waals surface area (Å²) in [5.41, 5.74) is 0. The van der Waals surface area contributed by atoms with E-state index in [2.05, 4.69) is 5.32 Å². The Hall–Kier alpha value is -0.180. The molecular formula is C9H19F2N. The first-order valence-electron chi connectivity index (χ1n) is 4.65. The van der Waals surface area contributed by atoms with Crippen LogP contribution in [0.1, 0.15) is 39.5 Å². The fourth-order valence-electron chi connectivity index (χ4n) is 1.04. The summed E-state index contributed by atoms with van der Waals surface area (Å²) in [6.07, 6.45) is 2.56. The van der Waals surface area contributed by atoms with Gasteiger partial charge in [0, 0.05) is 6.42 Å². The lowest BCUT2D eigenvalue weighted by Gasteiger charge is -2.08. The predicted molar refractivity (Wildman–Crippen MR) is 47.6 cm³/mol. The molecule has 0 aliphatic carbocycles. The fraction of sp³-hybridized carbons (Fsp3) is 1.00. The first kappa shape index (κ1) is 11.8. The zero-order valence-electron chi connectivity index (χ0n) is 8.00. The number of nitrogens with one attached hydrogen (secondary N) is 1. The van der Waals surface area contributed by atoms with Crippen molar-refractivity contribution in [2.24, 2.45) is 0 Å². The van der Waals surface area contributed by atoms with Gasteiger partial charge < -0.3 is 5.32 Å². The van der Waals surface area contributed by atoms with E-state index in [-0.39, 0.29) is 6.42 Å². The van der Waals surface area contributed by atoms with Crippen molar-refractivity contribution in [3.63, 3.8) is 0 Å². The van der Waals surface area contributed by atoms with Gasteiger partial charge in [0.25, 0.3) is 0 Å². The summed E-state index contributed by atoms with van der Waals surface area (Å²) in [6.45, 7) is 4.94. The van der Waals surface area contributed by atoms with E-state index in [1.54, 1.807) is 0 Å². The van der Waals surface area contributed by atoms with Crippen LogP contribution in [0.5, 0.6) is 0 Å². The lowest BCUT2D eigenvalue weighted by Crippen LogP contribution is -2.14. The lowest BCUT2D eigenvalue weighted by molar-refractivity contribution is 0.0104. The van der Waals surface area contributed by atoms with Gasteiger partial charge in [-0.1, -0.05) is 13.3 Å². The largest absolute Gasteiger partial charge is 0.317 e. The monoisotopic (exact) mass is 179 g/mol. The van der Waals surface area contributed by atoms with E-state index in [0.29, 0.717) is 6.42 Å². The maximum Gasteiger partial charge on any atom is 0.245 e. The fourth-order valence-corrected chi connectivity index (χ4v) is 1.04. The molecule has 0 heterocycles. The average Bonchev–Trinajstić information content (AvgIpc) is 1.94. The minimum atomic E-state index is -2.47. The highest BCUT2D eigenvalue weighted by atomic mass is 19.3. The molecule has 0 radical (unpaired) electrons. The van der Waals surface area contributed by atoms with Crippen LogP contribution in [-0.4, -0.2) is 19.0 Å². The topological polar surface area (TPSA) is 12.0 Å². The number of hydrogen-bond donors (Lipinski definition) is 1. The van der Waals surface area contributed by atoms with E-state index in [9.17, 15) is 8.78 Å². The molecule has 0 aromatic rings. The molecule has 0 bridgehead atoms. The molecule has 3 heteroatoms. The molecule has 0 aromatic heterocycles.